The Hall–Kier alpha value is -2.70. The molecule has 25 heavy (non-hydrogen) atoms. The molecule has 0 amide bonds. The fraction of sp³-hybridized carbons (Fsp3) is 0.444. The normalized spacial score (nSPS) is 22.2. The standard InChI is InChI=1S/C18H21N5O2/c1-3-12-7-11(9-16(24)25-4-2)8-13(12)18-22-21-15-10-20-17-14(23(15)18)5-6-19-17/h5-6,9-10,12-13,19H,3-4,7-8H2,1-2H3/b11-9-/t12-,13+/m0/s1. The van der Waals surface area contributed by atoms with Gasteiger partial charge in [-0.15, -0.1) is 10.2 Å². The second kappa shape index (κ2) is 6.31. The molecule has 1 saturated carbocycles. The van der Waals surface area contributed by atoms with Crippen molar-refractivity contribution in [1.82, 2.24) is 24.6 Å². The van der Waals surface area contributed by atoms with E-state index in [1.165, 1.54) is 0 Å². The maximum Gasteiger partial charge on any atom is 0.330 e. The first-order chi connectivity index (χ1) is 12.2. The summed E-state index contributed by atoms with van der Waals surface area (Å²) in [6.07, 6.45) is 8.01. The molecule has 0 aromatic carbocycles. The summed E-state index contributed by atoms with van der Waals surface area (Å²) in [5.74, 6) is 1.37. The fourth-order valence-corrected chi connectivity index (χ4v) is 3.85. The van der Waals surface area contributed by atoms with Gasteiger partial charge in [-0.25, -0.2) is 9.78 Å². The molecule has 1 aliphatic rings. The summed E-state index contributed by atoms with van der Waals surface area (Å²) in [6, 6.07) is 1.99. The highest BCUT2D eigenvalue weighted by molar-refractivity contribution is 5.83. The van der Waals surface area contributed by atoms with E-state index in [0.717, 1.165) is 47.5 Å². The van der Waals surface area contributed by atoms with Crippen LogP contribution in [-0.4, -0.2) is 37.1 Å². The summed E-state index contributed by atoms with van der Waals surface area (Å²) >= 11 is 0. The van der Waals surface area contributed by atoms with Crippen molar-refractivity contribution >= 4 is 22.8 Å². The molecule has 3 aromatic heterocycles. The Balaban J connectivity index is 1.74. The fourth-order valence-electron chi connectivity index (χ4n) is 3.85. The zero-order chi connectivity index (χ0) is 17.4. The first-order valence-electron chi connectivity index (χ1n) is 8.74. The number of fused-ring (bicyclic) bond motifs is 3. The molecule has 7 nitrogen and oxygen atoms in total. The maximum atomic E-state index is 11.8. The Labute approximate surface area is 145 Å². The quantitative estimate of drug-likeness (QED) is 0.583. The number of carbonyl (C=O) groups is 1. The predicted molar refractivity (Wildman–Crippen MR) is 93.1 cm³/mol. The third-order valence-electron chi connectivity index (χ3n) is 5.01. The van der Waals surface area contributed by atoms with Crippen molar-refractivity contribution < 1.29 is 9.53 Å². The molecule has 0 bridgehead atoms. The molecular weight excluding hydrogens is 318 g/mol. The molecule has 0 aliphatic heterocycles. The third-order valence-corrected chi connectivity index (χ3v) is 5.01. The number of ether oxygens (including phenoxy) is 1. The molecule has 3 heterocycles. The van der Waals surface area contributed by atoms with Gasteiger partial charge in [-0.2, -0.15) is 0 Å². The maximum absolute atomic E-state index is 11.8. The van der Waals surface area contributed by atoms with E-state index in [4.69, 9.17) is 4.74 Å². The lowest BCUT2D eigenvalue weighted by Gasteiger charge is -2.15. The predicted octanol–water partition coefficient (Wildman–Crippen LogP) is 3.00. The van der Waals surface area contributed by atoms with Gasteiger partial charge in [0.2, 0.25) is 0 Å². The van der Waals surface area contributed by atoms with E-state index in [2.05, 4.69) is 31.5 Å². The van der Waals surface area contributed by atoms with Crippen LogP contribution in [0, 0.1) is 5.92 Å². The zero-order valence-corrected chi connectivity index (χ0v) is 14.4. The van der Waals surface area contributed by atoms with Crippen LogP contribution >= 0.6 is 0 Å². The average Bonchev–Trinajstić information content (AvgIpc) is 3.31. The minimum Gasteiger partial charge on any atom is -0.463 e. The van der Waals surface area contributed by atoms with Gasteiger partial charge in [0.25, 0.3) is 0 Å². The molecule has 1 N–H and O–H groups in total. The number of carbonyl (C=O) groups excluding carboxylic acids is 1. The Bertz CT molecular complexity index is 955. The van der Waals surface area contributed by atoms with E-state index in [1.54, 1.807) is 12.3 Å². The Kier molecular flexibility index (Phi) is 3.99. The van der Waals surface area contributed by atoms with Crippen molar-refractivity contribution in [3.63, 3.8) is 0 Å². The molecular formula is C18H21N5O2. The molecule has 2 atom stereocenters. The highest BCUT2D eigenvalue weighted by atomic mass is 16.5. The zero-order valence-electron chi connectivity index (χ0n) is 14.4. The number of nitrogens with one attached hydrogen (secondary N) is 1. The first-order valence-corrected chi connectivity index (χ1v) is 8.74. The van der Waals surface area contributed by atoms with Crippen molar-refractivity contribution in [1.29, 1.82) is 0 Å². The van der Waals surface area contributed by atoms with Crippen molar-refractivity contribution in [3.8, 4) is 0 Å². The molecule has 0 saturated heterocycles. The van der Waals surface area contributed by atoms with Gasteiger partial charge in [-0.05, 0) is 31.7 Å². The van der Waals surface area contributed by atoms with E-state index >= 15 is 0 Å². The van der Waals surface area contributed by atoms with Gasteiger partial charge >= 0.3 is 5.97 Å². The Morgan fingerprint density at radius 2 is 2.28 bits per heavy atom. The highest BCUT2D eigenvalue weighted by Crippen LogP contribution is 2.44. The summed E-state index contributed by atoms with van der Waals surface area (Å²) in [4.78, 5) is 19.3. The number of hydrogen-bond acceptors (Lipinski definition) is 5. The number of hydrogen-bond donors (Lipinski definition) is 1. The molecule has 0 spiro atoms. The second-order valence-corrected chi connectivity index (χ2v) is 6.46. The van der Waals surface area contributed by atoms with E-state index in [9.17, 15) is 4.79 Å². The van der Waals surface area contributed by atoms with E-state index in [-0.39, 0.29) is 11.9 Å². The van der Waals surface area contributed by atoms with Crippen molar-refractivity contribution in [2.24, 2.45) is 5.92 Å². The number of esters is 1. The summed E-state index contributed by atoms with van der Waals surface area (Å²) < 4.78 is 7.14. The van der Waals surface area contributed by atoms with Gasteiger partial charge in [-0.1, -0.05) is 18.9 Å². The van der Waals surface area contributed by atoms with Gasteiger partial charge < -0.3 is 9.72 Å². The molecule has 1 aliphatic carbocycles. The summed E-state index contributed by atoms with van der Waals surface area (Å²) in [5, 5.41) is 8.77. The van der Waals surface area contributed by atoms with Crippen LogP contribution in [0.3, 0.4) is 0 Å². The minimum atomic E-state index is -0.253. The van der Waals surface area contributed by atoms with Gasteiger partial charge in [0, 0.05) is 18.2 Å². The number of nitrogens with zero attached hydrogens (tertiary/aromatic N) is 4. The SMILES string of the molecule is CCOC(=O)/C=C1/C[C@H](CC)[C@H](c2nnc3cnc4[nH]ccc4n23)C1. The summed E-state index contributed by atoms with van der Waals surface area (Å²) in [7, 11) is 0. The lowest BCUT2D eigenvalue weighted by atomic mass is 9.93. The number of aromatic amines is 1. The van der Waals surface area contributed by atoms with Gasteiger partial charge in [0.1, 0.15) is 5.82 Å². The molecule has 3 aromatic rings. The lowest BCUT2D eigenvalue weighted by molar-refractivity contribution is -0.137. The second-order valence-electron chi connectivity index (χ2n) is 6.46. The van der Waals surface area contributed by atoms with Crippen LogP contribution in [0.2, 0.25) is 0 Å². The van der Waals surface area contributed by atoms with Crippen LogP contribution in [-0.2, 0) is 9.53 Å². The monoisotopic (exact) mass is 339 g/mol. The van der Waals surface area contributed by atoms with Crippen LogP contribution in [0.25, 0.3) is 16.8 Å². The van der Waals surface area contributed by atoms with E-state index < -0.39 is 0 Å². The number of H-pyrrole nitrogens is 1. The smallest absolute Gasteiger partial charge is 0.330 e. The molecule has 0 radical (unpaired) electrons. The summed E-state index contributed by atoms with van der Waals surface area (Å²) in [5.41, 5.74) is 3.68. The number of allylic oxidation sites excluding steroid dienone is 1. The van der Waals surface area contributed by atoms with Crippen molar-refractivity contribution in [3.05, 3.63) is 35.9 Å². The van der Waals surface area contributed by atoms with Gasteiger partial charge in [0.15, 0.2) is 11.3 Å². The lowest BCUT2D eigenvalue weighted by Crippen LogP contribution is -2.09. The van der Waals surface area contributed by atoms with Crippen LogP contribution in [0.5, 0.6) is 0 Å². The largest absolute Gasteiger partial charge is 0.463 e. The van der Waals surface area contributed by atoms with E-state index in [1.807, 2.05) is 19.2 Å². The first kappa shape index (κ1) is 15.8. The van der Waals surface area contributed by atoms with Crippen molar-refractivity contribution in [2.75, 3.05) is 6.61 Å². The average molecular weight is 339 g/mol. The molecule has 130 valence electrons. The molecule has 7 heteroatoms. The van der Waals surface area contributed by atoms with Crippen LogP contribution in [0.1, 0.15) is 44.9 Å². The van der Waals surface area contributed by atoms with Crippen LogP contribution in [0.4, 0.5) is 0 Å². The summed E-state index contributed by atoms with van der Waals surface area (Å²) in [6.45, 7) is 4.40. The van der Waals surface area contributed by atoms with Crippen molar-refractivity contribution in [2.45, 2.75) is 39.0 Å². The minimum absolute atomic E-state index is 0.237. The van der Waals surface area contributed by atoms with Crippen LogP contribution < -0.4 is 0 Å². The molecule has 0 unspecified atom stereocenters. The van der Waals surface area contributed by atoms with Gasteiger partial charge in [0.05, 0.1) is 18.3 Å². The molecule has 4 rings (SSSR count). The van der Waals surface area contributed by atoms with Gasteiger partial charge in [-0.3, -0.25) is 4.40 Å². The third kappa shape index (κ3) is 2.69. The number of rotatable bonds is 4. The van der Waals surface area contributed by atoms with Crippen LogP contribution in [0.15, 0.2) is 30.1 Å². The molecule has 1 fully saturated rings. The Morgan fingerprint density at radius 1 is 1.40 bits per heavy atom. The topological polar surface area (TPSA) is 85.2 Å². The number of aromatic nitrogens is 5. The highest BCUT2D eigenvalue weighted by Gasteiger charge is 2.34. The Morgan fingerprint density at radius 3 is 3.08 bits per heavy atom. The van der Waals surface area contributed by atoms with E-state index in [0.29, 0.717) is 12.5 Å².